The molecule has 1 aromatic rings. The summed E-state index contributed by atoms with van der Waals surface area (Å²) in [6.07, 6.45) is 0. The first-order chi connectivity index (χ1) is 6.50. The molecule has 0 fully saturated rings. The SMILES string of the molecule is Cc1cc(N)nc(C)c1C#CC(N)=O. The number of primary amides is 1. The smallest absolute Gasteiger partial charge is 0.293 e. The van der Waals surface area contributed by atoms with Crippen LogP contribution in [0.2, 0.25) is 0 Å². The van der Waals surface area contributed by atoms with Crippen LogP contribution < -0.4 is 11.5 Å². The Morgan fingerprint density at radius 2 is 2.14 bits per heavy atom. The molecular weight excluding hydrogens is 178 g/mol. The fraction of sp³-hybridized carbons (Fsp3) is 0.200. The maximum absolute atomic E-state index is 10.5. The average Bonchev–Trinajstić information content (AvgIpc) is 2.01. The molecule has 0 spiro atoms. The molecule has 1 aromatic heterocycles. The summed E-state index contributed by atoms with van der Waals surface area (Å²) < 4.78 is 0. The van der Waals surface area contributed by atoms with Gasteiger partial charge < -0.3 is 11.5 Å². The number of anilines is 1. The van der Waals surface area contributed by atoms with Gasteiger partial charge in [0, 0.05) is 11.5 Å². The zero-order valence-electron chi connectivity index (χ0n) is 8.09. The first-order valence-electron chi connectivity index (χ1n) is 4.06. The van der Waals surface area contributed by atoms with Crippen molar-refractivity contribution in [2.45, 2.75) is 13.8 Å². The highest BCUT2D eigenvalue weighted by atomic mass is 16.1. The van der Waals surface area contributed by atoms with Crippen LogP contribution in [0, 0.1) is 25.7 Å². The summed E-state index contributed by atoms with van der Waals surface area (Å²) in [4.78, 5) is 14.5. The number of carbonyl (C=O) groups is 1. The van der Waals surface area contributed by atoms with E-state index in [1.165, 1.54) is 0 Å². The number of hydrogen-bond acceptors (Lipinski definition) is 3. The molecule has 0 saturated heterocycles. The van der Waals surface area contributed by atoms with E-state index in [2.05, 4.69) is 16.8 Å². The van der Waals surface area contributed by atoms with Gasteiger partial charge in [0.15, 0.2) is 0 Å². The predicted molar refractivity (Wildman–Crippen MR) is 54.2 cm³/mol. The van der Waals surface area contributed by atoms with Crippen molar-refractivity contribution in [2.75, 3.05) is 5.73 Å². The van der Waals surface area contributed by atoms with E-state index in [0.717, 1.165) is 5.56 Å². The lowest BCUT2D eigenvalue weighted by Gasteiger charge is -2.03. The number of carbonyl (C=O) groups excluding carboxylic acids is 1. The molecular formula is C10H11N3O. The third-order valence-electron chi connectivity index (χ3n) is 1.73. The number of nitrogen functional groups attached to an aromatic ring is 1. The topological polar surface area (TPSA) is 82.0 Å². The molecule has 1 rings (SSSR count). The lowest BCUT2D eigenvalue weighted by atomic mass is 10.1. The number of pyridine rings is 1. The Kier molecular flexibility index (Phi) is 2.73. The number of aryl methyl sites for hydroxylation is 2. The molecule has 72 valence electrons. The summed E-state index contributed by atoms with van der Waals surface area (Å²) in [6.45, 7) is 3.64. The van der Waals surface area contributed by atoms with Gasteiger partial charge in [-0.3, -0.25) is 4.79 Å². The van der Waals surface area contributed by atoms with Crippen molar-refractivity contribution in [3.63, 3.8) is 0 Å². The van der Waals surface area contributed by atoms with E-state index < -0.39 is 5.91 Å². The second kappa shape index (κ2) is 3.79. The third kappa shape index (κ3) is 2.23. The van der Waals surface area contributed by atoms with Gasteiger partial charge in [-0.1, -0.05) is 5.92 Å². The molecule has 4 nitrogen and oxygen atoms in total. The van der Waals surface area contributed by atoms with Crippen LogP contribution >= 0.6 is 0 Å². The molecule has 4 N–H and O–H groups in total. The summed E-state index contributed by atoms with van der Waals surface area (Å²) in [7, 11) is 0. The number of amides is 1. The van der Waals surface area contributed by atoms with E-state index in [-0.39, 0.29) is 0 Å². The minimum absolute atomic E-state index is 0.449. The number of aromatic nitrogens is 1. The van der Waals surface area contributed by atoms with Crippen molar-refractivity contribution in [1.82, 2.24) is 4.98 Å². The minimum atomic E-state index is -0.652. The summed E-state index contributed by atoms with van der Waals surface area (Å²) >= 11 is 0. The standard InChI is InChI=1S/C10H11N3O/c1-6-5-9(11)13-7(2)8(6)3-4-10(12)14/h5H,1-2H3,(H2,11,13)(H2,12,14). The Labute approximate surface area is 82.3 Å². The fourth-order valence-electron chi connectivity index (χ4n) is 1.17. The van der Waals surface area contributed by atoms with Crippen molar-refractivity contribution in [2.24, 2.45) is 5.73 Å². The largest absolute Gasteiger partial charge is 0.384 e. The summed E-state index contributed by atoms with van der Waals surface area (Å²) in [5, 5.41) is 0. The molecule has 4 heteroatoms. The number of nitrogens with two attached hydrogens (primary N) is 2. The van der Waals surface area contributed by atoms with Gasteiger partial charge >= 0.3 is 0 Å². The van der Waals surface area contributed by atoms with Crippen LogP contribution in [0.3, 0.4) is 0 Å². The Balaban J connectivity index is 3.24. The highest BCUT2D eigenvalue weighted by Crippen LogP contribution is 2.12. The third-order valence-corrected chi connectivity index (χ3v) is 1.73. The van der Waals surface area contributed by atoms with Crippen LogP contribution in [0.15, 0.2) is 6.07 Å². The molecule has 1 heterocycles. The van der Waals surface area contributed by atoms with Gasteiger partial charge in [-0.25, -0.2) is 4.98 Å². The zero-order chi connectivity index (χ0) is 10.7. The second-order valence-corrected chi connectivity index (χ2v) is 2.94. The summed E-state index contributed by atoms with van der Waals surface area (Å²) in [5.74, 6) is 4.73. The maximum Gasteiger partial charge on any atom is 0.293 e. The number of nitrogens with zero attached hydrogens (tertiary/aromatic N) is 1. The van der Waals surface area contributed by atoms with Crippen LogP contribution in [0.25, 0.3) is 0 Å². The highest BCUT2D eigenvalue weighted by Gasteiger charge is 2.02. The highest BCUT2D eigenvalue weighted by molar-refractivity contribution is 5.92. The van der Waals surface area contributed by atoms with Crippen molar-refractivity contribution in [3.05, 3.63) is 22.9 Å². The van der Waals surface area contributed by atoms with E-state index in [0.29, 0.717) is 17.1 Å². The van der Waals surface area contributed by atoms with Gasteiger partial charge in [-0.15, -0.1) is 0 Å². The van der Waals surface area contributed by atoms with Crippen molar-refractivity contribution < 1.29 is 4.79 Å². The molecule has 0 aliphatic heterocycles. The monoisotopic (exact) mass is 189 g/mol. The first-order valence-corrected chi connectivity index (χ1v) is 4.06. The minimum Gasteiger partial charge on any atom is -0.384 e. The predicted octanol–water partition coefficient (Wildman–Crippen LogP) is 0.117. The van der Waals surface area contributed by atoms with E-state index in [4.69, 9.17) is 11.5 Å². The van der Waals surface area contributed by atoms with Gasteiger partial charge in [0.1, 0.15) is 5.82 Å². The molecule has 1 amide bonds. The summed E-state index contributed by atoms with van der Waals surface area (Å²) in [5.41, 5.74) is 12.7. The summed E-state index contributed by atoms with van der Waals surface area (Å²) in [6, 6.07) is 1.71. The van der Waals surface area contributed by atoms with Gasteiger partial charge in [0.05, 0.1) is 5.69 Å². The van der Waals surface area contributed by atoms with Crippen LogP contribution in [-0.2, 0) is 4.79 Å². The lowest BCUT2D eigenvalue weighted by Crippen LogP contribution is -2.06. The molecule has 0 aliphatic carbocycles. The Hall–Kier alpha value is -2.02. The molecule has 0 atom stereocenters. The fourth-order valence-corrected chi connectivity index (χ4v) is 1.17. The molecule has 14 heavy (non-hydrogen) atoms. The molecule has 0 unspecified atom stereocenters. The quantitative estimate of drug-likeness (QED) is 0.568. The lowest BCUT2D eigenvalue weighted by molar-refractivity contribution is -0.112. The second-order valence-electron chi connectivity index (χ2n) is 2.94. The van der Waals surface area contributed by atoms with Gasteiger partial charge in [0.25, 0.3) is 5.91 Å². The molecule has 0 aromatic carbocycles. The zero-order valence-corrected chi connectivity index (χ0v) is 8.09. The molecule has 0 aliphatic rings. The molecule has 0 saturated carbocycles. The van der Waals surface area contributed by atoms with Crippen molar-refractivity contribution in [3.8, 4) is 11.8 Å². The van der Waals surface area contributed by atoms with Crippen LogP contribution in [0.4, 0.5) is 5.82 Å². The average molecular weight is 189 g/mol. The van der Waals surface area contributed by atoms with Crippen LogP contribution in [0.1, 0.15) is 16.8 Å². The van der Waals surface area contributed by atoms with E-state index in [1.807, 2.05) is 6.92 Å². The Bertz CT molecular complexity index is 417. The maximum atomic E-state index is 10.5. The van der Waals surface area contributed by atoms with Crippen LogP contribution in [0.5, 0.6) is 0 Å². The van der Waals surface area contributed by atoms with E-state index in [1.54, 1.807) is 13.0 Å². The normalized spacial score (nSPS) is 9.00. The van der Waals surface area contributed by atoms with Crippen LogP contribution in [-0.4, -0.2) is 10.9 Å². The number of hydrogen-bond donors (Lipinski definition) is 2. The first kappa shape index (κ1) is 10.1. The van der Waals surface area contributed by atoms with Crippen molar-refractivity contribution in [1.29, 1.82) is 0 Å². The number of rotatable bonds is 0. The van der Waals surface area contributed by atoms with Gasteiger partial charge in [-0.2, -0.15) is 0 Å². The Morgan fingerprint density at radius 1 is 1.50 bits per heavy atom. The molecule has 0 radical (unpaired) electrons. The van der Waals surface area contributed by atoms with E-state index in [9.17, 15) is 4.79 Å². The van der Waals surface area contributed by atoms with E-state index >= 15 is 0 Å². The van der Waals surface area contributed by atoms with Gasteiger partial charge in [0.2, 0.25) is 0 Å². The van der Waals surface area contributed by atoms with Crippen molar-refractivity contribution >= 4 is 11.7 Å². The Morgan fingerprint density at radius 3 is 2.64 bits per heavy atom. The molecule has 0 bridgehead atoms. The van der Waals surface area contributed by atoms with Gasteiger partial charge in [-0.05, 0) is 25.5 Å².